The molecule has 0 fully saturated rings. The van der Waals surface area contributed by atoms with Crippen LogP contribution in [0.5, 0.6) is 5.75 Å². The highest BCUT2D eigenvalue weighted by Crippen LogP contribution is 2.23. The quantitative estimate of drug-likeness (QED) is 0.839. The number of aromatic hydroxyl groups is 1. The summed E-state index contributed by atoms with van der Waals surface area (Å²) in [5.74, 6) is 0.457. The highest BCUT2D eigenvalue weighted by Gasteiger charge is 2.08. The molecule has 0 bridgehead atoms. The predicted octanol–water partition coefficient (Wildman–Crippen LogP) is 2.95. The number of hydrogen-bond acceptors (Lipinski definition) is 3. The number of phenolic OH excluding ortho intramolecular Hbond substituents is 1. The molecule has 2 rings (SSSR count). The van der Waals surface area contributed by atoms with Gasteiger partial charge in [-0.05, 0) is 48.2 Å². The van der Waals surface area contributed by atoms with Gasteiger partial charge in [0.05, 0.1) is 0 Å². The number of nitrogens with two attached hydrogens (primary N) is 1. The lowest BCUT2D eigenvalue weighted by Gasteiger charge is -2.08. The van der Waals surface area contributed by atoms with E-state index in [1.807, 2.05) is 38.1 Å². The summed E-state index contributed by atoms with van der Waals surface area (Å²) in [5.41, 5.74) is 9.84. The van der Waals surface area contributed by atoms with Crippen LogP contribution in [0.4, 0.5) is 5.69 Å². The Hall–Kier alpha value is -2.29. The molecule has 2 aromatic rings. The Morgan fingerprint density at radius 3 is 2.05 bits per heavy atom. The van der Waals surface area contributed by atoms with Gasteiger partial charge in [-0.25, -0.2) is 0 Å². The van der Waals surface area contributed by atoms with E-state index in [9.17, 15) is 9.90 Å². The fourth-order valence-corrected chi connectivity index (χ4v) is 2.30. The average Bonchev–Trinajstić information content (AvgIpc) is 2.38. The Morgan fingerprint density at radius 2 is 1.50 bits per heavy atom. The number of nitrogen functional groups attached to an aromatic ring is 1. The molecule has 3 N–H and O–H groups in total. The molecule has 20 heavy (non-hydrogen) atoms. The minimum absolute atomic E-state index is 0.152. The van der Waals surface area contributed by atoms with Gasteiger partial charge in [-0.1, -0.05) is 24.3 Å². The van der Waals surface area contributed by atoms with Crippen molar-refractivity contribution in [1.29, 1.82) is 0 Å². The summed E-state index contributed by atoms with van der Waals surface area (Å²) in [4.78, 5) is 12.1. The molecule has 0 aromatic heterocycles. The van der Waals surface area contributed by atoms with Gasteiger partial charge < -0.3 is 10.8 Å². The van der Waals surface area contributed by atoms with E-state index < -0.39 is 0 Å². The van der Waals surface area contributed by atoms with Crippen molar-refractivity contribution in [2.45, 2.75) is 26.7 Å². The largest absolute Gasteiger partial charge is 0.507 e. The van der Waals surface area contributed by atoms with E-state index in [-0.39, 0.29) is 5.78 Å². The maximum absolute atomic E-state index is 12.1. The van der Waals surface area contributed by atoms with Gasteiger partial charge in [0.25, 0.3) is 0 Å². The molecule has 0 saturated heterocycles. The lowest BCUT2D eigenvalue weighted by atomic mass is 9.99. The molecule has 3 heteroatoms. The van der Waals surface area contributed by atoms with Gasteiger partial charge in [0.1, 0.15) is 11.5 Å². The van der Waals surface area contributed by atoms with Crippen LogP contribution in [0.3, 0.4) is 0 Å². The first-order chi connectivity index (χ1) is 9.45. The number of carbonyl (C=O) groups excluding carboxylic acids is 1. The summed E-state index contributed by atoms with van der Waals surface area (Å²) in [7, 11) is 0. The Bertz CT molecular complexity index is 607. The minimum atomic E-state index is 0.152. The highest BCUT2D eigenvalue weighted by molar-refractivity contribution is 5.83. The number of Topliss-reactive ketones (excluding diaryl/α,β-unsaturated/α-hetero) is 1. The summed E-state index contributed by atoms with van der Waals surface area (Å²) < 4.78 is 0. The summed E-state index contributed by atoms with van der Waals surface area (Å²) in [6.45, 7) is 3.69. The van der Waals surface area contributed by atoms with Crippen molar-refractivity contribution in [3.8, 4) is 5.75 Å². The molecule has 3 nitrogen and oxygen atoms in total. The predicted molar refractivity (Wildman–Crippen MR) is 80.9 cm³/mol. The van der Waals surface area contributed by atoms with E-state index in [0.29, 0.717) is 24.3 Å². The van der Waals surface area contributed by atoms with Crippen molar-refractivity contribution in [3.05, 3.63) is 58.7 Å². The van der Waals surface area contributed by atoms with Crippen molar-refractivity contribution in [2.24, 2.45) is 0 Å². The third-order valence-electron chi connectivity index (χ3n) is 3.33. The van der Waals surface area contributed by atoms with Crippen LogP contribution in [-0.4, -0.2) is 10.9 Å². The van der Waals surface area contributed by atoms with Crippen LogP contribution in [0.15, 0.2) is 36.4 Å². The zero-order chi connectivity index (χ0) is 14.7. The van der Waals surface area contributed by atoms with Crippen molar-refractivity contribution >= 4 is 11.5 Å². The monoisotopic (exact) mass is 269 g/mol. The topological polar surface area (TPSA) is 63.3 Å². The molecule has 0 saturated carbocycles. The first kappa shape index (κ1) is 14.1. The first-order valence-corrected chi connectivity index (χ1v) is 6.61. The number of benzene rings is 2. The molecule has 0 aliphatic rings. The summed E-state index contributed by atoms with van der Waals surface area (Å²) in [6.07, 6.45) is 0.783. The van der Waals surface area contributed by atoms with Gasteiger partial charge >= 0.3 is 0 Å². The number of hydrogen-bond donors (Lipinski definition) is 2. The lowest BCUT2D eigenvalue weighted by Crippen LogP contribution is -2.07. The fourth-order valence-electron chi connectivity index (χ4n) is 2.30. The van der Waals surface area contributed by atoms with Gasteiger partial charge in [0, 0.05) is 18.5 Å². The molecule has 0 spiro atoms. The van der Waals surface area contributed by atoms with Crippen LogP contribution in [-0.2, 0) is 17.6 Å². The Morgan fingerprint density at radius 1 is 1.00 bits per heavy atom. The molecule has 0 amide bonds. The molecule has 0 radical (unpaired) electrons. The van der Waals surface area contributed by atoms with E-state index in [2.05, 4.69) is 0 Å². The first-order valence-electron chi connectivity index (χ1n) is 6.61. The Kier molecular flexibility index (Phi) is 4.08. The van der Waals surface area contributed by atoms with Crippen LogP contribution in [0, 0.1) is 13.8 Å². The fraction of sp³-hybridized carbons (Fsp3) is 0.235. The van der Waals surface area contributed by atoms with Crippen LogP contribution in [0.2, 0.25) is 0 Å². The maximum Gasteiger partial charge on any atom is 0.141 e. The number of carbonyl (C=O) groups is 1. The number of aryl methyl sites for hydroxylation is 2. The number of ketones is 1. The van der Waals surface area contributed by atoms with Crippen LogP contribution >= 0.6 is 0 Å². The summed E-state index contributed by atoms with van der Waals surface area (Å²) in [6, 6.07) is 11.1. The molecule has 0 atom stereocenters. The Balaban J connectivity index is 2.06. The zero-order valence-corrected chi connectivity index (χ0v) is 11.8. The Labute approximate surface area is 119 Å². The van der Waals surface area contributed by atoms with Crippen molar-refractivity contribution in [3.63, 3.8) is 0 Å². The number of phenols is 1. The van der Waals surface area contributed by atoms with Gasteiger partial charge in [-0.15, -0.1) is 0 Å². The smallest absolute Gasteiger partial charge is 0.141 e. The molecule has 2 aromatic carbocycles. The SMILES string of the molecule is Cc1cc(CC(=O)Cc2ccc(N)cc2)cc(C)c1O. The molecular weight excluding hydrogens is 250 g/mol. The normalized spacial score (nSPS) is 10.5. The molecule has 0 heterocycles. The van der Waals surface area contributed by atoms with Gasteiger partial charge in [-0.3, -0.25) is 4.79 Å². The van der Waals surface area contributed by atoms with Crippen LogP contribution in [0.25, 0.3) is 0 Å². The van der Waals surface area contributed by atoms with E-state index in [1.165, 1.54) is 0 Å². The van der Waals surface area contributed by atoms with Gasteiger partial charge in [-0.2, -0.15) is 0 Å². The number of rotatable bonds is 4. The molecular formula is C17H19NO2. The second kappa shape index (κ2) is 5.78. The van der Waals surface area contributed by atoms with E-state index in [1.54, 1.807) is 12.1 Å². The standard InChI is InChI=1S/C17H19NO2/c1-11-7-14(8-12(2)17(11)20)10-16(19)9-13-3-5-15(18)6-4-13/h3-8,20H,9-10,18H2,1-2H3. The molecule has 0 unspecified atom stereocenters. The average molecular weight is 269 g/mol. The second-order valence-electron chi connectivity index (χ2n) is 5.21. The van der Waals surface area contributed by atoms with Gasteiger partial charge in [0.2, 0.25) is 0 Å². The minimum Gasteiger partial charge on any atom is -0.507 e. The van der Waals surface area contributed by atoms with E-state index >= 15 is 0 Å². The van der Waals surface area contributed by atoms with Gasteiger partial charge in [0.15, 0.2) is 0 Å². The zero-order valence-electron chi connectivity index (χ0n) is 11.8. The summed E-state index contributed by atoms with van der Waals surface area (Å²) in [5, 5.41) is 9.73. The highest BCUT2D eigenvalue weighted by atomic mass is 16.3. The van der Waals surface area contributed by atoms with Crippen LogP contribution < -0.4 is 5.73 Å². The molecule has 0 aliphatic carbocycles. The van der Waals surface area contributed by atoms with E-state index in [4.69, 9.17) is 5.73 Å². The number of anilines is 1. The van der Waals surface area contributed by atoms with Crippen molar-refractivity contribution in [1.82, 2.24) is 0 Å². The van der Waals surface area contributed by atoms with Crippen molar-refractivity contribution in [2.75, 3.05) is 5.73 Å². The molecule has 104 valence electrons. The van der Waals surface area contributed by atoms with E-state index in [0.717, 1.165) is 22.3 Å². The second-order valence-corrected chi connectivity index (χ2v) is 5.21. The van der Waals surface area contributed by atoms with Crippen molar-refractivity contribution < 1.29 is 9.90 Å². The third-order valence-corrected chi connectivity index (χ3v) is 3.33. The maximum atomic E-state index is 12.1. The molecule has 0 aliphatic heterocycles. The summed E-state index contributed by atoms with van der Waals surface area (Å²) >= 11 is 0. The van der Waals surface area contributed by atoms with Crippen LogP contribution in [0.1, 0.15) is 22.3 Å². The lowest BCUT2D eigenvalue weighted by molar-refractivity contribution is -0.117. The third kappa shape index (κ3) is 3.38.